The fraction of sp³-hybridized carbons (Fsp3) is 0. The second-order valence-electron chi connectivity index (χ2n) is 13.9. The molecule has 0 saturated carbocycles. The highest BCUT2D eigenvalue weighted by molar-refractivity contribution is 6.99. The minimum Gasteiger partial charge on any atom is -0.458 e. The van der Waals surface area contributed by atoms with E-state index in [1.54, 1.807) is 0 Å². The van der Waals surface area contributed by atoms with Gasteiger partial charge in [-0.2, -0.15) is 0 Å². The van der Waals surface area contributed by atoms with Crippen LogP contribution in [-0.2, 0) is 0 Å². The predicted molar refractivity (Wildman–Crippen MR) is 213 cm³/mol. The van der Waals surface area contributed by atoms with Gasteiger partial charge in [0.05, 0.1) is 1.37 Å². The van der Waals surface area contributed by atoms with Crippen molar-refractivity contribution in [2.45, 2.75) is 0 Å². The Morgan fingerprint density at radius 3 is 1.33 bits per heavy atom. The van der Waals surface area contributed by atoms with Crippen molar-refractivity contribution in [3.63, 3.8) is 0 Å². The van der Waals surface area contributed by atoms with Crippen molar-refractivity contribution in [3.8, 4) is 67.9 Å². The van der Waals surface area contributed by atoms with E-state index < -0.39 is 0 Å². The van der Waals surface area contributed by atoms with Gasteiger partial charge in [-0.15, -0.1) is 0 Å². The minimum atomic E-state index is -0.00117. The average Bonchev–Trinajstić information content (AvgIpc) is 3.20. The minimum absolute atomic E-state index is 0.00117. The van der Waals surface area contributed by atoms with Gasteiger partial charge in [0.1, 0.15) is 34.5 Å². The molecule has 0 spiro atoms. The zero-order valence-electron chi connectivity index (χ0n) is 28.8. The SMILES string of the molecule is [2H]c1ccc2c3ccccc3c3cc(-c4cccc(-c5cccc(-c6cc7c8c(c6)Oc6cccc9c6B8c6c(cccc6O7)O9)c5)c4)ccc3c2c1. The van der Waals surface area contributed by atoms with Gasteiger partial charge in [-0.05, 0) is 120 Å². The molecule has 0 aliphatic carbocycles. The van der Waals surface area contributed by atoms with Crippen molar-refractivity contribution in [1.29, 1.82) is 0 Å². The highest BCUT2D eigenvalue weighted by Crippen LogP contribution is 2.44. The first-order chi connectivity index (χ1) is 26.1. The summed E-state index contributed by atoms with van der Waals surface area (Å²) in [5, 5.41) is 7.10. The molecule has 0 atom stereocenters. The summed E-state index contributed by atoms with van der Waals surface area (Å²) < 4.78 is 27.9. The van der Waals surface area contributed by atoms with Gasteiger partial charge >= 0.3 is 0 Å². The van der Waals surface area contributed by atoms with Crippen LogP contribution in [0.4, 0.5) is 0 Å². The molecule has 9 aromatic rings. The van der Waals surface area contributed by atoms with Gasteiger partial charge in [0.15, 0.2) is 0 Å². The van der Waals surface area contributed by atoms with Gasteiger partial charge in [-0.1, -0.05) is 109 Å². The molecule has 0 fully saturated rings. The first-order valence-corrected chi connectivity index (χ1v) is 17.7. The maximum absolute atomic E-state index is 8.33. The summed E-state index contributed by atoms with van der Waals surface area (Å²) in [7, 11) is 0. The van der Waals surface area contributed by atoms with Crippen molar-refractivity contribution in [2.24, 2.45) is 0 Å². The lowest BCUT2D eigenvalue weighted by atomic mass is 9.34. The van der Waals surface area contributed by atoms with E-state index in [2.05, 4.69) is 109 Å². The van der Waals surface area contributed by atoms with Gasteiger partial charge in [0.2, 0.25) is 0 Å². The van der Waals surface area contributed by atoms with E-state index in [9.17, 15) is 0 Å². The number of hydrogen-bond donors (Lipinski definition) is 0. The van der Waals surface area contributed by atoms with Crippen molar-refractivity contribution in [3.05, 3.63) is 164 Å². The molecule has 0 bridgehead atoms. The van der Waals surface area contributed by atoms with Crippen LogP contribution in [-0.4, -0.2) is 6.71 Å². The zero-order valence-corrected chi connectivity index (χ0v) is 27.8. The number of rotatable bonds is 3. The fourth-order valence-electron chi connectivity index (χ4n) is 8.76. The summed E-state index contributed by atoms with van der Waals surface area (Å²) in [6.45, 7) is -0.00117. The third kappa shape index (κ3) is 3.92. The van der Waals surface area contributed by atoms with E-state index in [-0.39, 0.29) is 6.71 Å². The Hall–Kier alpha value is -6.78. The molecule has 0 N–H and O–H groups in total. The largest absolute Gasteiger partial charge is 0.458 e. The summed E-state index contributed by atoms with van der Waals surface area (Å²) in [4.78, 5) is 0. The smallest absolute Gasteiger partial charge is 0.270 e. The Morgan fingerprint density at radius 2 is 0.731 bits per heavy atom. The maximum Gasteiger partial charge on any atom is 0.270 e. The zero-order chi connectivity index (χ0) is 34.8. The van der Waals surface area contributed by atoms with Crippen LogP contribution in [0.5, 0.6) is 34.5 Å². The van der Waals surface area contributed by atoms with Crippen LogP contribution >= 0.6 is 0 Å². The predicted octanol–water partition coefficient (Wildman–Crippen LogP) is 11.0. The van der Waals surface area contributed by atoms with E-state index in [4.69, 9.17) is 15.6 Å². The molecule has 0 radical (unpaired) electrons. The Morgan fingerprint density at radius 1 is 0.308 bits per heavy atom. The Balaban J connectivity index is 0.954. The molecule has 0 saturated heterocycles. The van der Waals surface area contributed by atoms with E-state index in [0.29, 0.717) is 6.04 Å². The number of fused-ring (bicyclic) bond motifs is 6. The highest BCUT2D eigenvalue weighted by atomic mass is 16.5. The fourth-order valence-corrected chi connectivity index (χ4v) is 8.76. The lowest BCUT2D eigenvalue weighted by molar-refractivity contribution is 0.443. The molecule has 52 heavy (non-hydrogen) atoms. The van der Waals surface area contributed by atoms with E-state index in [0.717, 1.165) is 89.7 Å². The molecule has 3 aliphatic heterocycles. The lowest BCUT2D eigenvalue weighted by Crippen LogP contribution is -2.59. The van der Waals surface area contributed by atoms with Crippen LogP contribution in [0.25, 0.3) is 65.7 Å². The van der Waals surface area contributed by atoms with Gasteiger partial charge in [-0.25, -0.2) is 0 Å². The normalized spacial score (nSPS) is 13.3. The van der Waals surface area contributed by atoms with Crippen LogP contribution in [0.1, 0.15) is 1.37 Å². The molecule has 240 valence electrons. The first-order valence-electron chi connectivity index (χ1n) is 18.2. The second kappa shape index (κ2) is 10.4. The molecular weight excluding hydrogens is 635 g/mol. The van der Waals surface area contributed by atoms with Gasteiger partial charge < -0.3 is 14.2 Å². The number of hydrogen-bond acceptors (Lipinski definition) is 3. The molecule has 0 aromatic heterocycles. The third-order valence-electron chi connectivity index (χ3n) is 11.1. The van der Waals surface area contributed by atoms with Gasteiger partial charge in [0, 0.05) is 16.4 Å². The summed E-state index contributed by atoms with van der Waals surface area (Å²) in [5.41, 5.74) is 9.89. The van der Waals surface area contributed by atoms with Crippen molar-refractivity contribution >= 4 is 55.4 Å². The monoisotopic (exact) mass is 663 g/mol. The molecule has 3 nitrogen and oxygen atoms in total. The van der Waals surface area contributed by atoms with E-state index in [1.165, 1.54) is 26.9 Å². The molecule has 4 heteroatoms. The number of ether oxygens (including phenoxy) is 3. The van der Waals surface area contributed by atoms with Crippen LogP contribution in [0, 0.1) is 0 Å². The average molecular weight is 664 g/mol. The Bertz CT molecular complexity index is 3000. The van der Waals surface area contributed by atoms with E-state index >= 15 is 0 Å². The molecule has 0 amide bonds. The van der Waals surface area contributed by atoms with Gasteiger partial charge in [-0.3, -0.25) is 0 Å². The summed E-state index contributed by atoms with van der Waals surface area (Å²) >= 11 is 0. The molecule has 3 aliphatic rings. The topological polar surface area (TPSA) is 27.7 Å². The standard InChI is InChI=1S/C48H27BO3/c1-2-15-36-34(13-1)35-14-3-4-16-37(35)39-25-32(21-22-38(36)39)30-11-5-9-28(23-30)29-10-6-12-31(24-29)33-26-44-48-45(27-33)52-43-20-8-18-41-47(43)49(48)46-40(50-41)17-7-19-42(46)51-44/h1-27H/i2D. The summed E-state index contributed by atoms with van der Waals surface area (Å²) in [5.74, 6) is 4.96. The van der Waals surface area contributed by atoms with Crippen molar-refractivity contribution < 1.29 is 15.6 Å². The summed E-state index contributed by atoms with van der Waals surface area (Å²) in [6, 6.07) is 55.7. The van der Waals surface area contributed by atoms with Crippen LogP contribution in [0.2, 0.25) is 0 Å². The highest BCUT2D eigenvalue weighted by Gasteiger charge is 2.46. The third-order valence-corrected chi connectivity index (χ3v) is 11.1. The van der Waals surface area contributed by atoms with Crippen molar-refractivity contribution in [1.82, 2.24) is 0 Å². The molecule has 9 aromatic carbocycles. The Labute approximate surface area is 301 Å². The maximum atomic E-state index is 8.33. The quantitative estimate of drug-likeness (QED) is 0.139. The molecule has 0 unspecified atom stereocenters. The van der Waals surface area contributed by atoms with Gasteiger partial charge in [0.25, 0.3) is 6.71 Å². The van der Waals surface area contributed by atoms with Crippen LogP contribution < -0.4 is 30.6 Å². The van der Waals surface area contributed by atoms with Crippen molar-refractivity contribution in [2.75, 3.05) is 0 Å². The molecular formula is C48H27BO3. The van der Waals surface area contributed by atoms with E-state index in [1.807, 2.05) is 48.5 Å². The van der Waals surface area contributed by atoms with Crippen LogP contribution in [0.15, 0.2) is 164 Å². The number of benzene rings is 9. The summed E-state index contributed by atoms with van der Waals surface area (Å²) in [6.07, 6.45) is 0. The first kappa shape index (κ1) is 27.0. The Kier molecular flexibility index (Phi) is 5.39. The molecule has 3 heterocycles. The molecule has 12 rings (SSSR count). The lowest BCUT2D eigenvalue weighted by Gasteiger charge is -2.37. The van der Waals surface area contributed by atoms with Crippen LogP contribution in [0.3, 0.4) is 0 Å². The second-order valence-corrected chi connectivity index (χ2v) is 13.9.